The summed E-state index contributed by atoms with van der Waals surface area (Å²) in [5.41, 5.74) is 0.665. The largest absolute Gasteiger partial charge is 0.480 e. The number of nitrogens with zero attached hydrogens (tertiary/aromatic N) is 2. The smallest absolute Gasteiger partial charge is 0.327 e. The predicted octanol–water partition coefficient (Wildman–Crippen LogP) is 1.32. The first-order chi connectivity index (χ1) is 13.6. The molecule has 0 radical (unpaired) electrons. The van der Waals surface area contributed by atoms with Gasteiger partial charge in [-0.25, -0.2) is 4.79 Å². The van der Waals surface area contributed by atoms with Gasteiger partial charge in [0.25, 0.3) is 0 Å². The Bertz CT molecular complexity index is 906. The Hall–Kier alpha value is -2.26. The lowest BCUT2D eigenvalue weighted by Crippen LogP contribution is -2.71. The topological polar surface area (TPSA) is 107 Å². The molecular formula is C19H20ClN3O5S. The predicted molar refractivity (Wildman–Crippen MR) is 108 cm³/mol. The van der Waals surface area contributed by atoms with Gasteiger partial charge in [0.05, 0.1) is 5.92 Å². The summed E-state index contributed by atoms with van der Waals surface area (Å²) < 4.78 is -0.652. The molecule has 0 bridgehead atoms. The van der Waals surface area contributed by atoms with Crippen molar-refractivity contribution in [1.29, 1.82) is 0 Å². The van der Waals surface area contributed by atoms with Gasteiger partial charge < -0.3 is 20.2 Å². The monoisotopic (exact) mass is 437 g/mol. The number of anilines is 1. The average molecular weight is 438 g/mol. The first-order valence-electron chi connectivity index (χ1n) is 9.19. The fourth-order valence-electron chi connectivity index (χ4n) is 4.17. The minimum Gasteiger partial charge on any atom is -0.480 e. The van der Waals surface area contributed by atoms with Crippen LogP contribution in [0.4, 0.5) is 5.69 Å². The number of halogens is 1. The summed E-state index contributed by atoms with van der Waals surface area (Å²) in [4.78, 5) is 52.0. The molecule has 4 atom stereocenters. The van der Waals surface area contributed by atoms with Gasteiger partial charge in [0.1, 0.15) is 17.5 Å². The molecule has 10 heteroatoms. The van der Waals surface area contributed by atoms with Gasteiger partial charge in [-0.3, -0.25) is 14.4 Å². The maximum absolute atomic E-state index is 12.7. The minimum absolute atomic E-state index is 0.0557. The molecule has 0 saturated carbocycles. The van der Waals surface area contributed by atoms with Crippen molar-refractivity contribution in [3.05, 3.63) is 29.3 Å². The summed E-state index contributed by atoms with van der Waals surface area (Å²) in [5.74, 6) is -2.56. The van der Waals surface area contributed by atoms with Crippen LogP contribution in [0.1, 0.15) is 20.3 Å². The molecule has 3 fully saturated rings. The van der Waals surface area contributed by atoms with Crippen molar-refractivity contribution in [2.45, 2.75) is 42.5 Å². The first-order valence-corrected chi connectivity index (χ1v) is 10.4. The molecule has 8 nitrogen and oxygen atoms in total. The SMILES string of the molecule is CC1(C)S[C@@H]2[C@H](NC(=O)C3CC(=O)N(c4ccc(Cl)cc4)C3)C(=O)N2[C@H]1C(=O)O. The molecule has 0 aliphatic carbocycles. The number of carbonyl (C=O) groups is 4. The number of amides is 3. The van der Waals surface area contributed by atoms with Crippen molar-refractivity contribution < 1.29 is 24.3 Å². The van der Waals surface area contributed by atoms with Gasteiger partial charge in [0.2, 0.25) is 17.7 Å². The second-order valence-electron chi connectivity index (χ2n) is 7.97. The van der Waals surface area contributed by atoms with Crippen LogP contribution in [0.25, 0.3) is 0 Å². The van der Waals surface area contributed by atoms with Crippen molar-refractivity contribution in [3.63, 3.8) is 0 Å². The molecule has 1 aromatic carbocycles. The standard InChI is InChI=1S/C19H20ClN3O5S/c1-19(2)14(18(27)28)23-16(26)13(17(23)29-19)21-15(25)9-7-12(24)22(8-9)11-5-3-10(20)4-6-11/h3-6,9,13-14,17H,7-8H2,1-2H3,(H,21,25)(H,27,28)/t9?,13-,14+,17-/m1/s1. The highest BCUT2D eigenvalue weighted by atomic mass is 35.5. The number of hydrogen-bond acceptors (Lipinski definition) is 5. The highest BCUT2D eigenvalue weighted by Crippen LogP contribution is 2.50. The van der Waals surface area contributed by atoms with E-state index in [9.17, 15) is 24.3 Å². The number of nitrogens with one attached hydrogen (secondary N) is 1. The van der Waals surface area contributed by atoms with E-state index in [-0.39, 0.29) is 24.8 Å². The highest BCUT2D eigenvalue weighted by molar-refractivity contribution is 8.01. The molecule has 3 amide bonds. The van der Waals surface area contributed by atoms with Gasteiger partial charge in [-0.2, -0.15) is 0 Å². The average Bonchev–Trinajstić information content (AvgIpc) is 3.15. The molecule has 0 spiro atoms. The number of carboxylic acids is 1. The third-order valence-electron chi connectivity index (χ3n) is 5.61. The van der Waals surface area contributed by atoms with Gasteiger partial charge in [-0.15, -0.1) is 11.8 Å². The van der Waals surface area contributed by atoms with Crippen molar-refractivity contribution >= 4 is 52.7 Å². The summed E-state index contributed by atoms with van der Waals surface area (Å²) in [5, 5.41) is 12.3. The summed E-state index contributed by atoms with van der Waals surface area (Å²) in [6.07, 6.45) is 0.0557. The zero-order chi connectivity index (χ0) is 21.1. The van der Waals surface area contributed by atoms with Gasteiger partial charge in [0.15, 0.2) is 0 Å². The Morgan fingerprint density at radius 1 is 1.24 bits per heavy atom. The maximum Gasteiger partial charge on any atom is 0.327 e. The summed E-state index contributed by atoms with van der Waals surface area (Å²) >= 11 is 7.25. The van der Waals surface area contributed by atoms with Crippen LogP contribution in [-0.2, 0) is 19.2 Å². The molecule has 0 aromatic heterocycles. The molecule has 1 unspecified atom stereocenters. The Labute approximate surface area is 176 Å². The van der Waals surface area contributed by atoms with Crippen LogP contribution in [-0.4, -0.2) is 62.4 Å². The molecule has 154 valence electrons. The number of β-lactam (4-membered cyclic amide) rings is 1. The van der Waals surface area contributed by atoms with Crippen LogP contribution in [0.15, 0.2) is 24.3 Å². The minimum atomic E-state index is -1.05. The third kappa shape index (κ3) is 3.26. The first kappa shape index (κ1) is 20.0. The van der Waals surface area contributed by atoms with Crippen LogP contribution in [0.5, 0.6) is 0 Å². The van der Waals surface area contributed by atoms with Gasteiger partial charge in [-0.05, 0) is 38.1 Å². The molecule has 1 aromatic rings. The maximum atomic E-state index is 12.7. The number of benzene rings is 1. The molecule has 3 heterocycles. The lowest BCUT2D eigenvalue weighted by atomic mass is 9.95. The fourth-order valence-corrected chi connectivity index (χ4v) is 5.92. The van der Waals surface area contributed by atoms with E-state index in [0.29, 0.717) is 10.7 Å². The fraction of sp³-hybridized carbons (Fsp3) is 0.474. The Balaban J connectivity index is 1.42. The Kier molecular flexibility index (Phi) is 4.77. The molecule has 29 heavy (non-hydrogen) atoms. The van der Waals surface area contributed by atoms with E-state index in [1.54, 1.807) is 38.1 Å². The molecule has 4 rings (SSSR count). The highest BCUT2D eigenvalue weighted by Gasteiger charge is 2.64. The van der Waals surface area contributed by atoms with Crippen LogP contribution >= 0.6 is 23.4 Å². The molecule has 3 aliphatic rings. The number of hydrogen-bond donors (Lipinski definition) is 2. The van der Waals surface area contributed by atoms with E-state index < -0.39 is 40.0 Å². The second kappa shape index (κ2) is 6.91. The van der Waals surface area contributed by atoms with Crippen molar-refractivity contribution in [2.75, 3.05) is 11.4 Å². The summed E-state index contributed by atoms with van der Waals surface area (Å²) in [6, 6.07) is 5.10. The zero-order valence-corrected chi connectivity index (χ0v) is 17.4. The number of aliphatic carboxylic acids is 1. The summed E-state index contributed by atoms with van der Waals surface area (Å²) in [7, 11) is 0. The van der Waals surface area contributed by atoms with E-state index in [0.717, 1.165) is 0 Å². The quantitative estimate of drug-likeness (QED) is 0.688. The van der Waals surface area contributed by atoms with Gasteiger partial charge in [-0.1, -0.05) is 11.6 Å². The lowest BCUT2D eigenvalue weighted by molar-refractivity contribution is -0.161. The van der Waals surface area contributed by atoms with Crippen molar-refractivity contribution in [2.24, 2.45) is 5.92 Å². The normalized spacial score (nSPS) is 30.2. The van der Waals surface area contributed by atoms with E-state index in [1.807, 2.05) is 0 Å². The molecule has 3 aliphatic heterocycles. The summed E-state index contributed by atoms with van der Waals surface area (Å²) in [6.45, 7) is 3.78. The number of rotatable bonds is 4. The van der Waals surface area contributed by atoms with E-state index >= 15 is 0 Å². The van der Waals surface area contributed by atoms with Gasteiger partial charge in [0, 0.05) is 28.4 Å². The van der Waals surface area contributed by atoms with E-state index in [1.165, 1.54) is 21.6 Å². The number of fused-ring (bicyclic) bond motifs is 1. The van der Waals surface area contributed by atoms with Crippen molar-refractivity contribution in [3.8, 4) is 0 Å². The Morgan fingerprint density at radius 2 is 1.90 bits per heavy atom. The van der Waals surface area contributed by atoms with E-state index in [4.69, 9.17) is 11.6 Å². The Morgan fingerprint density at radius 3 is 2.52 bits per heavy atom. The lowest BCUT2D eigenvalue weighted by Gasteiger charge is -2.43. The molecule has 3 saturated heterocycles. The van der Waals surface area contributed by atoms with Crippen LogP contribution in [0.3, 0.4) is 0 Å². The second-order valence-corrected chi connectivity index (χ2v) is 10.2. The number of carboxylic acid groups (broad SMARTS) is 1. The zero-order valence-electron chi connectivity index (χ0n) is 15.8. The van der Waals surface area contributed by atoms with Crippen LogP contribution in [0, 0.1) is 5.92 Å². The molecule has 2 N–H and O–H groups in total. The number of thioether (sulfide) groups is 1. The van der Waals surface area contributed by atoms with Crippen molar-refractivity contribution in [1.82, 2.24) is 10.2 Å². The van der Waals surface area contributed by atoms with Crippen LogP contribution in [0.2, 0.25) is 5.02 Å². The van der Waals surface area contributed by atoms with Crippen LogP contribution < -0.4 is 10.2 Å². The molecular weight excluding hydrogens is 418 g/mol. The number of carbonyl (C=O) groups excluding carboxylic acids is 3. The van der Waals surface area contributed by atoms with E-state index in [2.05, 4.69) is 5.32 Å². The third-order valence-corrected chi connectivity index (χ3v) is 7.43. The van der Waals surface area contributed by atoms with Gasteiger partial charge >= 0.3 is 5.97 Å².